The maximum Gasteiger partial charge on any atom is 0.347 e. The van der Waals surface area contributed by atoms with Gasteiger partial charge in [-0.1, -0.05) is 24.3 Å². The van der Waals surface area contributed by atoms with Crippen LogP contribution in [0.25, 0.3) is 10.6 Å². The van der Waals surface area contributed by atoms with Gasteiger partial charge in [0.25, 0.3) is 0 Å². The Morgan fingerprint density at radius 2 is 1.59 bits per heavy atom. The van der Waals surface area contributed by atoms with Gasteiger partial charge in [0, 0.05) is 0 Å². The number of para-hydroxylation sites is 3. The topological polar surface area (TPSA) is 77.9 Å². The first-order chi connectivity index (χ1) is 13.1. The van der Waals surface area contributed by atoms with E-state index in [0.29, 0.717) is 41.2 Å². The van der Waals surface area contributed by atoms with Gasteiger partial charge in [-0.3, -0.25) is 0 Å². The fraction of sp³-hybridized carbons (Fsp3) is 0.200. The predicted molar refractivity (Wildman–Crippen MR) is 103 cm³/mol. The lowest BCUT2D eigenvalue weighted by atomic mass is 10.2. The average Bonchev–Trinajstić information content (AvgIpc) is 3.07. The van der Waals surface area contributed by atoms with Gasteiger partial charge in [0.1, 0.15) is 28.8 Å². The summed E-state index contributed by atoms with van der Waals surface area (Å²) in [6.07, 6.45) is 0. The summed E-state index contributed by atoms with van der Waals surface area (Å²) in [4.78, 5) is 15.9. The molecular formula is C20H19NO5S. The Hall–Kier alpha value is -3.06. The number of aryl methyl sites for hydroxylation is 1. The number of methoxy groups -OCH3 is 1. The number of carboxylic acids is 1. The summed E-state index contributed by atoms with van der Waals surface area (Å²) in [6, 6.07) is 14.8. The highest BCUT2D eigenvalue weighted by Crippen LogP contribution is 2.34. The molecule has 2 aromatic carbocycles. The van der Waals surface area contributed by atoms with Crippen LogP contribution in [0.1, 0.15) is 15.4 Å². The van der Waals surface area contributed by atoms with Gasteiger partial charge >= 0.3 is 5.97 Å². The highest BCUT2D eigenvalue weighted by Gasteiger charge is 2.17. The number of nitrogens with zero attached hydrogens (tertiary/aromatic N) is 1. The molecule has 3 rings (SSSR count). The van der Waals surface area contributed by atoms with Crippen LogP contribution in [0.15, 0.2) is 48.5 Å². The third-order valence-electron chi connectivity index (χ3n) is 3.78. The van der Waals surface area contributed by atoms with Gasteiger partial charge in [0.05, 0.1) is 18.4 Å². The van der Waals surface area contributed by atoms with E-state index >= 15 is 0 Å². The second-order valence-electron chi connectivity index (χ2n) is 5.58. The van der Waals surface area contributed by atoms with Gasteiger partial charge in [-0.05, 0) is 31.2 Å². The summed E-state index contributed by atoms with van der Waals surface area (Å²) in [5, 5.41) is 9.85. The number of aromatic nitrogens is 1. The first-order valence-electron chi connectivity index (χ1n) is 8.29. The van der Waals surface area contributed by atoms with Crippen LogP contribution in [0.3, 0.4) is 0 Å². The lowest BCUT2D eigenvalue weighted by Crippen LogP contribution is -2.10. The molecule has 0 aliphatic carbocycles. The minimum absolute atomic E-state index is 0.235. The van der Waals surface area contributed by atoms with Crippen molar-refractivity contribution in [3.05, 3.63) is 59.1 Å². The van der Waals surface area contributed by atoms with Crippen LogP contribution in [0.4, 0.5) is 0 Å². The molecule has 0 unspecified atom stereocenters. The van der Waals surface area contributed by atoms with Crippen molar-refractivity contribution < 1.29 is 24.1 Å². The van der Waals surface area contributed by atoms with E-state index in [0.717, 1.165) is 16.9 Å². The van der Waals surface area contributed by atoms with E-state index in [2.05, 4.69) is 4.98 Å². The largest absolute Gasteiger partial charge is 0.493 e. The Morgan fingerprint density at radius 1 is 1.00 bits per heavy atom. The summed E-state index contributed by atoms with van der Waals surface area (Å²) < 4.78 is 16.8. The number of carbonyl (C=O) groups is 1. The van der Waals surface area contributed by atoms with E-state index in [1.165, 1.54) is 0 Å². The number of rotatable bonds is 8. The molecule has 0 radical (unpaired) electrons. The van der Waals surface area contributed by atoms with E-state index in [1.54, 1.807) is 14.0 Å². The Balaban J connectivity index is 1.68. The zero-order chi connectivity index (χ0) is 19.2. The zero-order valence-corrected chi connectivity index (χ0v) is 15.8. The van der Waals surface area contributed by atoms with Crippen molar-refractivity contribution in [2.24, 2.45) is 0 Å². The normalized spacial score (nSPS) is 10.4. The van der Waals surface area contributed by atoms with Gasteiger partial charge in [-0.25, -0.2) is 9.78 Å². The minimum Gasteiger partial charge on any atom is -0.493 e. The van der Waals surface area contributed by atoms with E-state index in [4.69, 9.17) is 14.2 Å². The zero-order valence-electron chi connectivity index (χ0n) is 15.0. The Morgan fingerprint density at radius 3 is 2.22 bits per heavy atom. The Kier molecular flexibility index (Phi) is 5.93. The van der Waals surface area contributed by atoms with Crippen LogP contribution in [-0.4, -0.2) is 36.4 Å². The summed E-state index contributed by atoms with van der Waals surface area (Å²) in [7, 11) is 1.59. The van der Waals surface area contributed by atoms with Gasteiger partial charge in [-0.2, -0.15) is 0 Å². The molecule has 0 spiro atoms. The van der Waals surface area contributed by atoms with Crippen LogP contribution in [0.2, 0.25) is 0 Å². The van der Waals surface area contributed by atoms with Crippen molar-refractivity contribution in [3.8, 4) is 27.8 Å². The molecule has 0 amide bonds. The average molecular weight is 385 g/mol. The van der Waals surface area contributed by atoms with Gasteiger partial charge in [0.15, 0.2) is 11.5 Å². The quantitative estimate of drug-likeness (QED) is 0.583. The first-order valence-corrected chi connectivity index (χ1v) is 9.10. The first kappa shape index (κ1) is 18.7. The molecule has 1 heterocycles. The lowest BCUT2D eigenvalue weighted by Gasteiger charge is -2.12. The molecule has 0 saturated heterocycles. The summed E-state index contributed by atoms with van der Waals surface area (Å²) in [5.41, 5.74) is 1.26. The van der Waals surface area contributed by atoms with Gasteiger partial charge < -0.3 is 19.3 Å². The van der Waals surface area contributed by atoms with Crippen molar-refractivity contribution in [3.63, 3.8) is 0 Å². The van der Waals surface area contributed by atoms with Crippen molar-refractivity contribution in [2.75, 3.05) is 20.3 Å². The summed E-state index contributed by atoms with van der Waals surface area (Å²) in [6.45, 7) is 2.35. The van der Waals surface area contributed by atoms with E-state index in [-0.39, 0.29) is 4.88 Å². The molecule has 0 fully saturated rings. The Bertz CT molecular complexity index is 938. The molecule has 27 heavy (non-hydrogen) atoms. The second kappa shape index (κ2) is 8.55. The molecule has 0 atom stereocenters. The minimum atomic E-state index is -0.972. The number of aromatic carboxylic acids is 1. The maximum absolute atomic E-state index is 11.3. The van der Waals surface area contributed by atoms with Crippen LogP contribution >= 0.6 is 11.3 Å². The lowest BCUT2D eigenvalue weighted by molar-refractivity contribution is 0.0701. The fourth-order valence-electron chi connectivity index (χ4n) is 2.52. The molecule has 0 aliphatic rings. The number of carboxylic acid groups (broad SMARTS) is 1. The molecule has 1 N–H and O–H groups in total. The Labute approximate surface area is 161 Å². The van der Waals surface area contributed by atoms with Crippen LogP contribution in [-0.2, 0) is 0 Å². The number of hydrogen-bond acceptors (Lipinski definition) is 6. The number of ether oxygens (including phenoxy) is 3. The van der Waals surface area contributed by atoms with Crippen molar-refractivity contribution in [1.82, 2.24) is 4.98 Å². The van der Waals surface area contributed by atoms with Crippen LogP contribution in [0, 0.1) is 6.92 Å². The van der Waals surface area contributed by atoms with E-state index < -0.39 is 5.97 Å². The molecule has 0 aliphatic heterocycles. The number of benzene rings is 2. The van der Waals surface area contributed by atoms with Crippen molar-refractivity contribution >= 4 is 17.3 Å². The molecular weight excluding hydrogens is 366 g/mol. The van der Waals surface area contributed by atoms with Crippen molar-refractivity contribution in [1.29, 1.82) is 0 Å². The fourth-order valence-corrected chi connectivity index (χ4v) is 3.46. The van der Waals surface area contributed by atoms with Crippen LogP contribution < -0.4 is 14.2 Å². The van der Waals surface area contributed by atoms with E-state index in [9.17, 15) is 9.90 Å². The van der Waals surface area contributed by atoms with Crippen LogP contribution in [0.5, 0.6) is 17.2 Å². The van der Waals surface area contributed by atoms with Crippen molar-refractivity contribution in [2.45, 2.75) is 6.92 Å². The highest BCUT2D eigenvalue weighted by atomic mass is 32.1. The SMILES string of the molecule is COc1ccccc1OCCOc1ccccc1-c1nc(C)c(C(=O)O)s1. The molecule has 0 bridgehead atoms. The molecule has 6 nitrogen and oxygen atoms in total. The monoisotopic (exact) mass is 385 g/mol. The molecule has 3 aromatic rings. The van der Waals surface area contributed by atoms with E-state index in [1.807, 2.05) is 48.5 Å². The third-order valence-corrected chi connectivity index (χ3v) is 4.95. The standard InChI is InChI=1S/C20H19NO5S/c1-13-18(20(22)23)27-19(21-13)14-7-3-4-8-15(14)25-11-12-26-17-10-6-5-9-16(17)24-2/h3-10H,11-12H2,1-2H3,(H,22,23). The molecule has 0 saturated carbocycles. The third kappa shape index (κ3) is 4.38. The smallest absolute Gasteiger partial charge is 0.347 e. The number of hydrogen-bond donors (Lipinski definition) is 1. The predicted octanol–water partition coefficient (Wildman–Crippen LogP) is 4.28. The van der Waals surface area contributed by atoms with Gasteiger partial charge in [-0.15, -0.1) is 11.3 Å². The van der Waals surface area contributed by atoms with Gasteiger partial charge in [0.2, 0.25) is 0 Å². The second-order valence-corrected chi connectivity index (χ2v) is 6.58. The number of thiazole rings is 1. The highest BCUT2D eigenvalue weighted by molar-refractivity contribution is 7.17. The molecule has 7 heteroatoms. The summed E-state index contributed by atoms with van der Waals surface area (Å²) >= 11 is 1.14. The molecule has 140 valence electrons. The summed E-state index contributed by atoms with van der Waals surface area (Å²) in [5.74, 6) is 0.975. The molecule has 1 aromatic heterocycles. The maximum atomic E-state index is 11.3.